The number of carbonyl (C=O) groups is 4. The van der Waals surface area contributed by atoms with Crippen molar-refractivity contribution in [3.05, 3.63) is 0 Å². The maximum atomic E-state index is 12.9. The highest BCUT2D eigenvalue weighted by Crippen LogP contribution is 2.15. The monoisotopic (exact) mass is 1050 g/mol. The molecular formula is C62H122N4O8. The van der Waals surface area contributed by atoms with E-state index in [0.29, 0.717) is 71.3 Å². The fraction of sp³-hybridized carbons (Fsp3) is 0.935. The van der Waals surface area contributed by atoms with Crippen molar-refractivity contribution in [3.63, 3.8) is 0 Å². The van der Waals surface area contributed by atoms with E-state index in [1.54, 1.807) is 0 Å². The Balaban J connectivity index is 4.99. The summed E-state index contributed by atoms with van der Waals surface area (Å²) in [5, 5.41) is 0. The molecule has 12 heteroatoms. The number of hydrogen-bond acceptors (Lipinski definition) is 12. The van der Waals surface area contributed by atoms with Gasteiger partial charge in [0.05, 0.1) is 52.6 Å². The van der Waals surface area contributed by atoms with Gasteiger partial charge in [-0.2, -0.15) is 0 Å². The van der Waals surface area contributed by atoms with Crippen molar-refractivity contribution in [2.24, 2.45) is 0 Å². The van der Waals surface area contributed by atoms with E-state index in [-0.39, 0.29) is 30.3 Å². The molecule has 0 fully saturated rings. The lowest BCUT2D eigenvalue weighted by Crippen LogP contribution is -2.44. The third-order valence-electron chi connectivity index (χ3n) is 14.8. The smallest absolute Gasteiger partial charge is 0.307 e. The molecule has 74 heavy (non-hydrogen) atoms. The highest BCUT2D eigenvalue weighted by Gasteiger charge is 2.18. The summed E-state index contributed by atoms with van der Waals surface area (Å²) in [5.41, 5.74) is 0. The zero-order valence-corrected chi connectivity index (χ0v) is 50.0. The second-order valence-corrected chi connectivity index (χ2v) is 22.0. The molecule has 0 atom stereocenters. The summed E-state index contributed by atoms with van der Waals surface area (Å²) in [7, 11) is 3.55. The minimum absolute atomic E-state index is 0.167. The molecule has 0 amide bonds. The first kappa shape index (κ1) is 71.7. The number of unbranched alkanes of at least 4 members (excludes halogenated alkanes) is 30. The summed E-state index contributed by atoms with van der Waals surface area (Å²) in [6.07, 6.45) is 42.7. The van der Waals surface area contributed by atoms with Crippen molar-refractivity contribution in [1.29, 1.82) is 0 Å². The molecule has 0 aromatic rings. The first-order chi connectivity index (χ1) is 36.1. The van der Waals surface area contributed by atoms with Gasteiger partial charge >= 0.3 is 23.9 Å². The van der Waals surface area contributed by atoms with Crippen molar-refractivity contribution in [3.8, 4) is 0 Å². The number of esters is 4. The molecule has 0 saturated carbocycles. The second-order valence-electron chi connectivity index (χ2n) is 22.0. The molecule has 0 N–H and O–H groups in total. The molecule has 0 aliphatic carbocycles. The van der Waals surface area contributed by atoms with Crippen molar-refractivity contribution in [2.75, 3.05) is 99.4 Å². The van der Waals surface area contributed by atoms with Gasteiger partial charge in [0.25, 0.3) is 0 Å². The van der Waals surface area contributed by atoms with Crippen LogP contribution in [0.4, 0.5) is 0 Å². The van der Waals surface area contributed by atoms with Gasteiger partial charge in [-0.3, -0.25) is 24.1 Å². The quantitative estimate of drug-likeness (QED) is 0.0328. The van der Waals surface area contributed by atoms with Crippen LogP contribution in [0, 0.1) is 0 Å². The van der Waals surface area contributed by atoms with E-state index < -0.39 is 0 Å². The van der Waals surface area contributed by atoms with Gasteiger partial charge in [-0.25, -0.2) is 0 Å². The van der Waals surface area contributed by atoms with E-state index >= 15 is 0 Å². The van der Waals surface area contributed by atoms with Gasteiger partial charge in [-0.1, -0.05) is 213 Å². The summed E-state index contributed by atoms with van der Waals surface area (Å²) in [5.74, 6) is -0.763. The van der Waals surface area contributed by atoms with E-state index in [9.17, 15) is 19.2 Å². The molecule has 0 aliphatic heterocycles. The van der Waals surface area contributed by atoms with E-state index in [0.717, 1.165) is 77.8 Å². The lowest BCUT2D eigenvalue weighted by atomic mass is 10.1. The number of carbonyl (C=O) groups excluding carboxylic acids is 4. The van der Waals surface area contributed by atoms with Crippen molar-refractivity contribution in [1.82, 2.24) is 19.6 Å². The Kier molecular flexibility index (Phi) is 53.8. The maximum Gasteiger partial charge on any atom is 0.307 e. The van der Waals surface area contributed by atoms with Gasteiger partial charge < -0.3 is 33.6 Å². The number of rotatable bonds is 58. The second kappa shape index (κ2) is 55.5. The van der Waals surface area contributed by atoms with Crippen molar-refractivity contribution < 1.29 is 38.1 Å². The van der Waals surface area contributed by atoms with Crippen molar-refractivity contribution >= 4 is 23.9 Å². The average molecular weight is 1050 g/mol. The predicted molar refractivity (Wildman–Crippen MR) is 310 cm³/mol. The van der Waals surface area contributed by atoms with Crippen LogP contribution in [-0.2, 0) is 38.1 Å². The number of methoxy groups -OCH3 is 1. The molecule has 12 nitrogen and oxygen atoms in total. The number of hydrogen-bond donors (Lipinski definition) is 0. The predicted octanol–water partition coefficient (Wildman–Crippen LogP) is 14.5. The maximum absolute atomic E-state index is 12.9. The molecule has 0 unspecified atom stereocenters. The lowest BCUT2D eigenvalue weighted by molar-refractivity contribution is -0.145. The molecule has 0 aromatic heterocycles. The Bertz CT molecular complexity index is 1210. The lowest BCUT2D eigenvalue weighted by Gasteiger charge is -2.32. The van der Waals surface area contributed by atoms with Crippen LogP contribution in [0.15, 0.2) is 0 Å². The van der Waals surface area contributed by atoms with Crippen LogP contribution in [0.3, 0.4) is 0 Å². The third kappa shape index (κ3) is 50.5. The van der Waals surface area contributed by atoms with Crippen LogP contribution in [-0.4, -0.2) is 149 Å². The summed E-state index contributed by atoms with van der Waals surface area (Å²) >= 11 is 0. The molecular weight excluding hydrogens is 929 g/mol. The Hall–Kier alpha value is -2.28. The normalized spacial score (nSPS) is 11.7. The van der Waals surface area contributed by atoms with Gasteiger partial charge in [0.2, 0.25) is 0 Å². The minimum atomic E-state index is -0.251. The van der Waals surface area contributed by atoms with Crippen LogP contribution >= 0.6 is 0 Å². The highest BCUT2D eigenvalue weighted by molar-refractivity contribution is 5.70. The Labute approximate surface area is 457 Å². The minimum Gasteiger partial charge on any atom is -0.469 e. The van der Waals surface area contributed by atoms with Gasteiger partial charge in [-0.05, 0) is 40.2 Å². The van der Waals surface area contributed by atoms with E-state index in [1.807, 2.05) is 0 Å². The first-order valence-corrected chi connectivity index (χ1v) is 31.5. The SMILES string of the molecule is CCCCCCCCCCCCCOC(=O)CCN(CCC(=O)OCCCCCCCCCCCCC)CCN(C)CCN(CCN(CCC(=O)OC)CCC(=O)OCCCCCCCCCCCCC)C(C)C. The van der Waals surface area contributed by atoms with Crippen LogP contribution in [0.2, 0.25) is 0 Å². The fourth-order valence-corrected chi connectivity index (χ4v) is 9.46. The summed E-state index contributed by atoms with van der Waals surface area (Å²) < 4.78 is 21.9. The molecule has 0 spiro atoms. The van der Waals surface area contributed by atoms with Gasteiger partial charge in [0.1, 0.15) is 0 Å². The fourth-order valence-electron chi connectivity index (χ4n) is 9.46. The highest BCUT2D eigenvalue weighted by atomic mass is 16.5. The van der Waals surface area contributed by atoms with Gasteiger partial charge in [0, 0.05) is 71.5 Å². The van der Waals surface area contributed by atoms with E-state index in [1.165, 1.54) is 180 Å². The van der Waals surface area contributed by atoms with Gasteiger partial charge in [-0.15, -0.1) is 0 Å². The van der Waals surface area contributed by atoms with Crippen LogP contribution in [0.1, 0.15) is 272 Å². The molecule has 0 aliphatic rings. The molecule has 0 saturated heterocycles. The zero-order valence-electron chi connectivity index (χ0n) is 50.0. The average Bonchev–Trinajstić information content (AvgIpc) is 3.39. The molecule has 0 rings (SSSR count). The Morgan fingerprint density at radius 3 is 0.851 bits per heavy atom. The van der Waals surface area contributed by atoms with Crippen LogP contribution in [0.5, 0.6) is 0 Å². The summed E-state index contributed by atoms with van der Waals surface area (Å²) in [6, 6.07) is 0.311. The molecule has 0 radical (unpaired) electrons. The summed E-state index contributed by atoms with van der Waals surface area (Å²) in [4.78, 5) is 59.8. The standard InChI is InChI=1S/C62H122N4O8/c1-8-11-14-17-20-23-26-29-32-35-38-55-72-60(68)42-46-64(47-43-61(69)73-56-39-36-33-30-27-24-21-18-15-12-9-2)51-49-63(6)50-53-66(58(4)5)54-52-65(45-41-59(67)71-7)48-44-62(70)74-57-40-37-34-31-28-25-22-19-16-13-10-3/h58H,8-57H2,1-7H3. The first-order valence-electron chi connectivity index (χ1n) is 31.5. The van der Waals surface area contributed by atoms with Crippen molar-refractivity contribution in [2.45, 2.75) is 278 Å². The number of ether oxygens (including phenoxy) is 4. The molecule has 438 valence electrons. The number of likely N-dealkylation sites (N-methyl/N-ethyl adjacent to an activating group) is 1. The zero-order chi connectivity index (χ0) is 54.4. The number of nitrogens with zero attached hydrogens (tertiary/aromatic N) is 4. The summed E-state index contributed by atoms with van der Waals surface area (Å²) in [6.45, 7) is 19.5. The third-order valence-corrected chi connectivity index (χ3v) is 14.8. The van der Waals surface area contributed by atoms with E-state index in [2.05, 4.69) is 61.3 Å². The molecule has 0 bridgehead atoms. The molecule has 0 heterocycles. The topological polar surface area (TPSA) is 118 Å². The van der Waals surface area contributed by atoms with Gasteiger partial charge in [0.15, 0.2) is 0 Å². The van der Waals surface area contributed by atoms with Crippen LogP contribution < -0.4 is 0 Å². The van der Waals surface area contributed by atoms with E-state index in [4.69, 9.17) is 18.9 Å². The van der Waals surface area contributed by atoms with Crippen LogP contribution in [0.25, 0.3) is 0 Å². The Morgan fingerprint density at radius 2 is 0.568 bits per heavy atom. The Morgan fingerprint density at radius 1 is 0.324 bits per heavy atom. The largest absolute Gasteiger partial charge is 0.469 e. The molecule has 0 aromatic carbocycles.